The first-order chi connectivity index (χ1) is 15.5. The largest absolute Gasteiger partial charge is 0.383 e. The number of carbonyl (C=O) groups is 1. The molecule has 3 aliphatic rings. The number of aromatic nitrogens is 2. The van der Waals surface area contributed by atoms with Crippen LogP contribution in [0.1, 0.15) is 77.6 Å². The molecule has 0 radical (unpaired) electrons. The molecule has 0 spiro atoms. The summed E-state index contributed by atoms with van der Waals surface area (Å²) in [6.07, 6.45) is 11.9. The highest BCUT2D eigenvalue weighted by atomic mass is 16.2. The molecule has 1 amide bonds. The summed E-state index contributed by atoms with van der Waals surface area (Å²) < 4.78 is 1.42. The van der Waals surface area contributed by atoms with E-state index >= 15 is 0 Å². The standard InChI is InChI=1S/C24H39N5O3/c1-2-3-13-28-22(25)21(23(31)26-24(28)32)29(19-10-6-7-11-19)20(30)16-27-14-12-17-8-4-5-9-18(17)15-27/h17-19H,2-16,25H2,1H3,(H,26,31,32). The third-order valence-electron chi connectivity index (χ3n) is 7.88. The lowest BCUT2D eigenvalue weighted by atomic mass is 9.75. The van der Waals surface area contributed by atoms with Gasteiger partial charge in [0.05, 0.1) is 6.54 Å². The molecule has 2 heterocycles. The monoisotopic (exact) mass is 445 g/mol. The van der Waals surface area contributed by atoms with Gasteiger partial charge in [-0.2, -0.15) is 0 Å². The van der Waals surface area contributed by atoms with Crippen LogP contribution < -0.4 is 21.9 Å². The van der Waals surface area contributed by atoms with E-state index in [1.807, 2.05) is 6.92 Å². The molecule has 0 aromatic carbocycles. The molecule has 1 saturated heterocycles. The Morgan fingerprint density at radius 3 is 2.47 bits per heavy atom. The third-order valence-corrected chi connectivity index (χ3v) is 7.88. The van der Waals surface area contributed by atoms with Crippen molar-refractivity contribution < 1.29 is 4.79 Å². The van der Waals surface area contributed by atoms with Gasteiger partial charge in [0, 0.05) is 19.1 Å². The number of fused-ring (bicyclic) bond motifs is 1. The smallest absolute Gasteiger partial charge is 0.330 e. The summed E-state index contributed by atoms with van der Waals surface area (Å²) in [7, 11) is 0. The topological polar surface area (TPSA) is 104 Å². The van der Waals surface area contributed by atoms with Gasteiger partial charge in [0.2, 0.25) is 5.91 Å². The van der Waals surface area contributed by atoms with Gasteiger partial charge >= 0.3 is 5.69 Å². The molecule has 2 saturated carbocycles. The Bertz CT molecular complexity index is 917. The number of unbranched alkanes of at least 4 members (excludes halogenated alkanes) is 1. The summed E-state index contributed by atoms with van der Waals surface area (Å²) in [6, 6.07) is -0.0322. The number of nitrogens with zero attached hydrogens (tertiary/aromatic N) is 3. The number of nitrogen functional groups attached to an aromatic ring is 1. The van der Waals surface area contributed by atoms with Gasteiger partial charge in [-0.3, -0.25) is 24.0 Å². The van der Waals surface area contributed by atoms with Crippen LogP contribution in [-0.2, 0) is 11.3 Å². The van der Waals surface area contributed by atoms with E-state index in [1.54, 1.807) is 4.90 Å². The zero-order valence-corrected chi connectivity index (χ0v) is 19.5. The van der Waals surface area contributed by atoms with Crippen LogP contribution in [-0.4, -0.2) is 46.0 Å². The van der Waals surface area contributed by atoms with Gasteiger partial charge in [0.25, 0.3) is 5.56 Å². The van der Waals surface area contributed by atoms with E-state index < -0.39 is 11.2 Å². The minimum absolute atomic E-state index is 0.0322. The molecular weight excluding hydrogens is 406 g/mol. The highest BCUT2D eigenvalue weighted by Crippen LogP contribution is 2.36. The molecule has 2 atom stereocenters. The number of aromatic amines is 1. The Kier molecular flexibility index (Phi) is 7.38. The molecule has 1 aromatic rings. The fourth-order valence-corrected chi connectivity index (χ4v) is 6.11. The SMILES string of the molecule is CCCCn1c(N)c(N(C(=O)CN2CCC3CCCCC3C2)C2CCCC2)c(=O)[nH]c1=O. The quantitative estimate of drug-likeness (QED) is 0.671. The lowest BCUT2D eigenvalue weighted by Crippen LogP contribution is -2.51. The number of nitrogens with one attached hydrogen (secondary N) is 1. The number of piperidine rings is 1. The molecule has 8 nitrogen and oxygen atoms in total. The second kappa shape index (κ2) is 10.2. The maximum absolute atomic E-state index is 13.7. The van der Waals surface area contributed by atoms with E-state index in [-0.39, 0.29) is 23.5 Å². The van der Waals surface area contributed by atoms with Crippen LogP contribution in [0.3, 0.4) is 0 Å². The summed E-state index contributed by atoms with van der Waals surface area (Å²) in [5.74, 6) is 1.55. The molecule has 8 heteroatoms. The maximum Gasteiger partial charge on any atom is 0.330 e. The highest BCUT2D eigenvalue weighted by molar-refractivity contribution is 5.97. The second-order valence-corrected chi connectivity index (χ2v) is 10.0. The van der Waals surface area contributed by atoms with Crippen molar-refractivity contribution in [2.75, 3.05) is 30.3 Å². The summed E-state index contributed by atoms with van der Waals surface area (Å²) in [4.78, 5) is 45.3. The van der Waals surface area contributed by atoms with E-state index in [1.165, 1.54) is 30.3 Å². The number of carbonyl (C=O) groups excluding carboxylic acids is 1. The molecule has 1 aromatic heterocycles. The Morgan fingerprint density at radius 2 is 1.75 bits per heavy atom. The highest BCUT2D eigenvalue weighted by Gasteiger charge is 2.36. The molecule has 178 valence electrons. The number of hydrogen-bond donors (Lipinski definition) is 2. The van der Waals surface area contributed by atoms with Crippen molar-refractivity contribution in [2.24, 2.45) is 11.8 Å². The van der Waals surface area contributed by atoms with Crippen LogP contribution in [0.5, 0.6) is 0 Å². The molecule has 1 aliphatic heterocycles. The van der Waals surface area contributed by atoms with Crippen LogP contribution in [0, 0.1) is 11.8 Å². The maximum atomic E-state index is 13.7. The van der Waals surface area contributed by atoms with Gasteiger partial charge in [0.1, 0.15) is 5.82 Å². The van der Waals surface area contributed by atoms with E-state index in [0.29, 0.717) is 19.0 Å². The Balaban J connectivity index is 1.60. The van der Waals surface area contributed by atoms with Gasteiger partial charge in [-0.15, -0.1) is 0 Å². The summed E-state index contributed by atoms with van der Waals surface area (Å²) in [5, 5.41) is 0. The van der Waals surface area contributed by atoms with E-state index in [0.717, 1.165) is 64.0 Å². The van der Waals surface area contributed by atoms with Crippen molar-refractivity contribution in [3.63, 3.8) is 0 Å². The van der Waals surface area contributed by atoms with Crippen LogP contribution in [0.25, 0.3) is 0 Å². The van der Waals surface area contributed by atoms with Gasteiger partial charge in [-0.05, 0) is 50.5 Å². The molecule has 32 heavy (non-hydrogen) atoms. The fraction of sp³-hybridized carbons (Fsp3) is 0.792. The number of H-pyrrole nitrogens is 1. The summed E-state index contributed by atoms with van der Waals surface area (Å²) in [6.45, 7) is 4.70. The van der Waals surface area contributed by atoms with E-state index in [2.05, 4.69) is 9.88 Å². The van der Waals surface area contributed by atoms with Gasteiger partial charge in [-0.25, -0.2) is 4.79 Å². The van der Waals surface area contributed by atoms with E-state index in [9.17, 15) is 14.4 Å². The normalized spacial score (nSPS) is 24.4. The number of likely N-dealkylation sites (tertiary alicyclic amines) is 1. The zero-order valence-electron chi connectivity index (χ0n) is 19.5. The van der Waals surface area contributed by atoms with E-state index in [4.69, 9.17) is 5.73 Å². The van der Waals surface area contributed by atoms with Crippen LogP contribution in [0.4, 0.5) is 11.5 Å². The molecule has 3 N–H and O–H groups in total. The fourth-order valence-electron chi connectivity index (χ4n) is 6.11. The van der Waals surface area contributed by atoms with Gasteiger partial charge in [-0.1, -0.05) is 45.4 Å². The minimum Gasteiger partial charge on any atom is -0.383 e. The van der Waals surface area contributed by atoms with Crippen LogP contribution in [0.15, 0.2) is 9.59 Å². The first-order valence-corrected chi connectivity index (χ1v) is 12.7. The lowest BCUT2D eigenvalue weighted by molar-refractivity contribution is -0.121. The van der Waals surface area contributed by atoms with Crippen molar-refractivity contribution in [3.05, 3.63) is 20.8 Å². The van der Waals surface area contributed by atoms with Gasteiger partial charge in [0.15, 0.2) is 5.69 Å². The summed E-state index contributed by atoms with van der Waals surface area (Å²) in [5.41, 5.74) is 5.51. The number of hydrogen-bond acceptors (Lipinski definition) is 5. The van der Waals surface area contributed by atoms with Crippen molar-refractivity contribution >= 4 is 17.4 Å². The first-order valence-electron chi connectivity index (χ1n) is 12.7. The van der Waals surface area contributed by atoms with Crippen LogP contribution >= 0.6 is 0 Å². The lowest BCUT2D eigenvalue weighted by Gasteiger charge is -2.41. The predicted octanol–water partition coefficient (Wildman–Crippen LogP) is 2.71. The molecular formula is C24H39N5O3. The molecule has 2 aliphatic carbocycles. The molecule has 0 bridgehead atoms. The number of rotatable bonds is 7. The Hall–Kier alpha value is -2.09. The van der Waals surface area contributed by atoms with Crippen molar-refractivity contribution in [1.82, 2.24) is 14.5 Å². The number of amides is 1. The zero-order chi connectivity index (χ0) is 22.7. The van der Waals surface area contributed by atoms with Gasteiger partial charge < -0.3 is 10.6 Å². The average molecular weight is 446 g/mol. The average Bonchev–Trinajstić information content (AvgIpc) is 3.30. The Labute approximate surface area is 190 Å². The molecule has 2 unspecified atom stereocenters. The number of anilines is 2. The Morgan fingerprint density at radius 1 is 1.06 bits per heavy atom. The van der Waals surface area contributed by atoms with Crippen molar-refractivity contribution in [3.8, 4) is 0 Å². The third kappa shape index (κ3) is 4.80. The molecule has 4 rings (SSSR count). The first kappa shape index (κ1) is 23.1. The number of nitrogens with two attached hydrogens (primary N) is 1. The van der Waals surface area contributed by atoms with Crippen molar-refractivity contribution in [2.45, 2.75) is 90.1 Å². The second-order valence-electron chi connectivity index (χ2n) is 10.0. The van der Waals surface area contributed by atoms with Crippen molar-refractivity contribution in [1.29, 1.82) is 0 Å². The minimum atomic E-state index is -0.550. The van der Waals surface area contributed by atoms with Crippen LogP contribution in [0.2, 0.25) is 0 Å². The molecule has 3 fully saturated rings. The summed E-state index contributed by atoms with van der Waals surface area (Å²) >= 11 is 0. The predicted molar refractivity (Wildman–Crippen MR) is 127 cm³/mol.